The van der Waals surface area contributed by atoms with Crippen LogP contribution in [-0.4, -0.2) is 17.9 Å². The summed E-state index contributed by atoms with van der Waals surface area (Å²) in [5.74, 6) is 3.65. The standard InChI is InChI=1S/C21H27NO2/c1-3-19-18(17-6-4-5-7-20(17)24-19)13-22(2)21(23)12-16-11-14-8-9-15(16)10-14/h4-7,14-16H,3,8-13H2,1-2H3. The van der Waals surface area contributed by atoms with Crippen LogP contribution in [0.1, 0.15) is 50.4 Å². The fraction of sp³-hybridized carbons (Fsp3) is 0.571. The highest BCUT2D eigenvalue weighted by Gasteiger charge is 2.40. The van der Waals surface area contributed by atoms with Gasteiger partial charge < -0.3 is 9.32 Å². The molecule has 0 radical (unpaired) electrons. The first-order valence-electron chi connectivity index (χ1n) is 9.39. The van der Waals surface area contributed by atoms with Crippen molar-refractivity contribution >= 4 is 16.9 Å². The largest absolute Gasteiger partial charge is 0.461 e. The smallest absolute Gasteiger partial charge is 0.222 e. The van der Waals surface area contributed by atoms with E-state index in [4.69, 9.17) is 4.42 Å². The van der Waals surface area contributed by atoms with Crippen LogP contribution in [0.4, 0.5) is 0 Å². The minimum atomic E-state index is 0.292. The van der Waals surface area contributed by atoms with E-state index in [1.54, 1.807) is 0 Å². The van der Waals surface area contributed by atoms with E-state index in [0.29, 0.717) is 18.4 Å². The second-order valence-electron chi connectivity index (χ2n) is 7.74. The zero-order valence-corrected chi connectivity index (χ0v) is 14.8. The van der Waals surface area contributed by atoms with Crippen molar-refractivity contribution in [3.05, 3.63) is 35.6 Å². The Hall–Kier alpha value is -1.77. The second kappa shape index (κ2) is 6.27. The number of furan rings is 1. The summed E-state index contributed by atoms with van der Waals surface area (Å²) in [6.07, 6.45) is 6.98. The lowest BCUT2D eigenvalue weighted by Crippen LogP contribution is -2.29. The third-order valence-electron chi connectivity index (χ3n) is 6.25. The molecule has 2 aliphatic carbocycles. The Kier molecular flexibility index (Phi) is 4.11. The first kappa shape index (κ1) is 15.7. The molecule has 2 aliphatic rings. The normalized spacial score (nSPS) is 25.5. The molecular weight excluding hydrogens is 298 g/mol. The Labute approximate surface area is 144 Å². The van der Waals surface area contributed by atoms with E-state index in [2.05, 4.69) is 13.0 Å². The van der Waals surface area contributed by atoms with Crippen LogP contribution in [0.5, 0.6) is 0 Å². The molecule has 1 heterocycles. The summed E-state index contributed by atoms with van der Waals surface area (Å²) < 4.78 is 5.96. The number of rotatable bonds is 5. The average molecular weight is 325 g/mol. The molecule has 2 bridgehead atoms. The number of carbonyl (C=O) groups is 1. The van der Waals surface area contributed by atoms with Crippen molar-refractivity contribution in [3.63, 3.8) is 0 Å². The van der Waals surface area contributed by atoms with E-state index in [9.17, 15) is 4.79 Å². The molecule has 3 unspecified atom stereocenters. The number of hydrogen-bond acceptors (Lipinski definition) is 2. The van der Waals surface area contributed by atoms with E-state index >= 15 is 0 Å². The van der Waals surface area contributed by atoms with E-state index in [-0.39, 0.29) is 0 Å². The predicted octanol–water partition coefficient (Wildman–Crippen LogP) is 4.78. The zero-order chi connectivity index (χ0) is 16.7. The molecule has 1 aromatic carbocycles. The Balaban J connectivity index is 1.47. The predicted molar refractivity (Wildman–Crippen MR) is 95.6 cm³/mol. The number of hydrogen-bond donors (Lipinski definition) is 0. The minimum Gasteiger partial charge on any atom is -0.461 e. The van der Waals surface area contributed by atoms with Gasteiger partial charge in [0, 0.05) is 37.4 Å². The fourth-order valence-corrected chi connectivity index (χ4v) is 4.94. The van der Waals surface area contributed by atoms with Crippen molar-refractivity contribution in [2.75, 3.05) is 7.05 Å². The van der Waals surface area contributed by atoms with Gasteiger partial charge in [0.1, 0.15) is 11.3 Å². The molecule has 0 aliphatic heterocycles. The van der Waals surface area contributed by atoms with E-state index in [1.807, 2.05) is 30.1 Å². The summed E-state index contributed by atoms with van der Waals surface area (Å²) in [5.41, 5.74) is 2.11. The molecule has 1 aromatic heterocycles. The van der Waals surface area contributed by atoms with Crippen molar-refractivity contribution in [2.24, 2.45) is 17.8 Å². The summed E-state index contributed by atoms with van der Waals surface area (Å²) in [7, 11) is 1.94. The van der Waals surface area contributed by atoms with Crippen molar-refractivity contribution in [3.8, 4) is 0 Å². The first-order valence-corrected chi connectivity index (χ1v) is 9.39. The molecule has 0 saturated heterocycles. The van der Waals surface area contributed by atoms with Crippen LogP contribution in [0.2, 0.25) is 0 Å². The lowest BCUT2D eigenvalue weighted by molar-refractivity contribution is -0.131. The summed E-state index contributed by atoms with van der Waals surface area (Å²) in [6, 6.07) is 8.15. The van der Waals surface area contributed by atoms with Gasteiger partial charge in [0.2, 0.25) is 5.91 Å². The third-order valence-corrected chi connectivity index (χ3v) is 6.25. The Bertz CT molecular complexity index is 747. The highest BCUT2D eigenvalue weighted by atomic mass is 16.3. The van der Waals surface area contributed by atoms with Crippen LogP contribution >= 0.6 is 0 Å². The molecule has 1 amide bonds. The summed E-state index contributed by atoms with van der Waals surface area (Å²) in [4.78, 5) is 14.6. The number of nitrogens with zero attached hydrogens (tertiary/aromatic N) is 1. The maximum atomic E-state index is 12.7. The molecule has 3 nitrogen and oxygen atoms in total. The summed E-state index contributed by atoms with van der Waals surface area (Å²) >= 11 is 0. The number of benzene rings is 1. The highest BCUT2D eigenvalue weighted by Crippen LogP contribution is 2.49. The Morgan fingerprint density at radius 2 is 2.08 bits per heavy atom. The molecule has 0 N–H and O–H groups in total. The topological polar surface area (TPSA) is 33.5 Å². The fourth-order valence-electron chi connectivity index (χ4n) is 4.94. The van der Waals surface area contributed by atoms with Crippen molar-refractivity contribution < 1.29 is 9.21 Å². The molecule has 3 heteroatoms. The molecule has 4 rings (SSSR count). The van der Waals surface area contributed by atoms with Gasteiger partial charge in [-0.3, -0.25) is 4.79 Å². The molecule has 128 valence electrons. The van der Waals surface area contributed by atoms with E-state index in [1.165, 1.54) is 31.2 Å². The zero-order valence-electron chi connectivity index (χ0n) is 14.8. The average Bonchev–Trinajstić information content (AvgIpc) is 3.29. The van der Waals surface area contributed by atoms with Gasteiger partial charge in [-0.05, 0) is 43.1 Å². The van der Waals surface area contributed by atoms with Gasteiger partial charge in [0.15, 0.2) is 0 Å². The molecule has 2 aromatic rings. The van der Waals surface area contributed by atoms with Gasteiger partial charge in [-0.15, -0.1) is 0 Å². The van der Waals surface area contributed by atoms with Crippen LogP contribution in [0, 0.1) is 17.8 Å². The summed E-state index contributed by atoms with van der Waals surface area (Å²) in [6.45, 7) is 2.76. The third kappa shape index (κ3) is 2.74. The van der Waals surface area contributed by atoms with Gasteiger partial charge >= 0.3 is 0 Å². The van der Waals surface area contributed by atoms with Gasteiger partial charge in [-0.2, -0.15) is 0 Å². The molecule has 0 spiro atoms. The minimum absolute atomic E-state index is 0.292. The Morgan fingerprint density at radius 1 is 1.25 bits per heavy atom. The van der Waals surface area contributed by atoms with E-state index in [0.717, 1.165) is 41.4 Å². The van der Waals surface area contributed by atoms with Crippen LogP contribution < -0.4 is 0 Å². The van der Waals surface area contributed by atoms with Crippen LogP contribution in [-0.2, 0) is 17.8 Å². The number of aryl methyl sites for hydroxylation is 1. The summed E-state index contributed by atoms with van der Waals surface area (Å²) in [5, 5.41) is 1.15. The number of amides is 1. The molecule has 3 atom stereocenters. The lowest BCUT2D eigenvalue weighted by Gasteiger charge is -2.24. The van der Waals surface area contributed by atoms with Crippen molar-refractivity contribution in [1.29, 1.82) is 0 Å². The quantitative estimate of drug-likeness (QED) is 0.792. The highest BCUT2D eigenvalue weighted by molar-refractivity contribution is 5.83. The second-order valence-corrected chi connectivity index (χ2v) is 7.74. The number of fused-ring (bicyclic) bond motifs is 3. The molecule has 2 saturated carbocycles. The van der Waals surface area contributed by atoms with Gasteiger partial charge in [-0.1, -0.05) is 31.5 Å². The number of carbonyl (C=O) groups excluding carboxylic acids is 1. The monoisotopic (exact) mass is 325 g/mol. The maximum absolute atomic E-state index is 12.7. The van der Waals surface area contributed by atoms with Gasteiger partial charge in [0.05, 0.1) is 0 Å². The molecular formula is C21H27NO2. The maximum Gasteiger partial charge on any atom is 0.222 e. The van der Waals surface area contributed by atoms with Gasteiger partial charge in [-0.25, -0.2) is 0 Å². The van der Waals surface area contributed by atoms with Crippen molar-refractivity contribution in [2.45, 2.75) is 52.0 Å². The van der Waals surface area contributed by atoms with E-state index < -0.39 is 0 Å². The van der Waals surface area contributed by atoms with Crippen LogP contribution in [0.3, 0.4) is 0 Å². The molecule has 24 heavy (non-hydrogen) atoms. The SMILES string of the molecule is CCc1oc2ccccc2c1CN(C)C(=O)CC1CC2CCC1C2. The van der Waals surface area contributed by atoms with Gasteiger partial charge in [0.25, 0.3) is 0 Å². The first-order chi connectivity index (χ1) is 11.7. The van der Waals surface area contributed by atoms with Crippen molar-refractivity contribution in [1.82, 2.24) is 4.90 Å². The Morgan fingerprint density at radius 3 is 2.79 bits per heavy atom. The van der Waals surface area contributed by atoms with Crippen LogP contribution in [0.25, 0.3) is 11.0 Å². The number of para-hydroxylation sites is 1. The molecule has 2 fully saturated rings. The lowest BCUT2D eigenvalue weighted by atomic mass is 9.86. The van der Waals surface area contributed by atoms with Crippen LogP contribution in [0.15, 0.2) is 28.7 Å².